The van der Waals surface area contributed by atoms with Gasteiger partial charge in [-0.15, -0.1) is 0 Å². The fourth-order valence-corrected chi connectivity index (χ4v) is 8.83. The van der Waals surface area contributed by atoms with Crippen molar-refractivity contribution in [3.05, 3.63) is 118 Å². The number of nitrogens with one attached hydrogen (secondary N) is 4. The summed E-state index contributed by atoms with van der Waals surface area (Å²) in [4.78, 5) is 36.1. The molecule has 28 heteroatoms. The predicted octanol–water partition coefficient (Wildman–Crippen LogP) is 4.92. The maximum absolute atomic E-state index is 14.7. The Labute approximate surface area is 479 Å². The number of hydrogen-bond acceptors (Lipinski definition) is 18. The number of hydrogen-bond donors (Lipinski definition) is 6. The van der Waals surface area contributed by atoms with Crippen molar-refractivity contribution >= 4 is 50.0 Å². The number of carbonyl (C=O) groups is 3. The molecule has 0 saturated heterocycles. The standard InChI is InChI=1S/C55H70F4N4O18S2/c1-5-37(3)31-39-33-45(56)51(46(57)34-39)80-41-7-11-43(12-8-41)82(69,70)62-17-21-75-25-29-77-27-23-73-19-15-60-53(66)49(64)50(65)54(67)61-16-20-74-24-28-78-30-26-76-22-18-63-83(71,72)44-13-9-42(10-14-44)81-52-47(58)35-40(36-48(52)59)32-38(4)55(68)79-6-2/h7-14,31-36,49-50,62-65H,5-6,15-30H2,1-4H3,(H,60,66)(H,61,67)/b37-31+,38-32+/t49-,50-/m1/s1. The number of amides is 2. The summed E-state index contributed by atoms with van der Waals surface area (Å²) in [5.41, 5.74) is 1.50. The van der Waals surface area contributed by atoms with Gasteiger partial charge in [-0.2, -0.15) is 0 Å². The lowest BCUT2D eigenvalue weighted by Gasteiger charge is -2.17. The molecule has 4 aromatic rings. The van der Waals surface area contributed by atoms with Crippen molar-refractivity contribution < 1.29 is 102 Å². The maximum atomic E-state index is 14.7. The Morgan fingerprint density at radius 1 is 0.506 bits per heavy atom. The molecule has 0 fully saturated rings. The Kier molecular flexibility index (Phi) is 30.2. The third-order valence-corrected chi connectivity index (χ3v) is 14.1. The monoisotopic (exact) mass is 1210 g/mol. The van der Waals surface area contributed by atoms with Crippen LogP contribution >= 0.6 is 0 Å². The molecule has 0 radical (unpaired) electrons. The number of benzene rings is 4. The van der Waals surface area contributed by atoms with Gasteiger partial charge in [-0.3, -0.25) is 9.59 Å². The number of rotatable bonds is 40. The van der Waals surface area contributed by atoms with E-state index in [-0.39, 0.29) is 144 Å². The van der Waals surface area contributed by atoms with Crippen molar-refractivity contribution in [2.75, 3.05) is 112 Å². The molecule has 4 aromatic carbocycles. The van der Waals surface area contributed by atoms with Gasteiger partial charge in [-0.25, -0.2) is 48.6 Å². The van der Waals surface area contributed by atoms with E-state index in [1.54, 1.807) is 13.0 Å². The van der Waals surface area contributed by atoms with Gasteiger partial charge in [-0.05, 0) is 117 Å². The van der Waals surface area contributed by atoms with Gasteiger partial charge in [0.25, 0.3) is 11.8 Å². The summed E-state index contributed by atoms with van der Waals surface area (Å²) in [6.07, 6.45) is -0.479. The van der Waals surface area contributed by atoms with Crippen molar-refractivity contribution in [1.29, 1.82) is 0 Å². The third-order valence-electron chi connectivity index (χ3n) is 11.2. The number of sulfonamides is 2. The Morgan fingerprint density at radius 3 is 1.17 bits per heavy atom. The third kappa shape index (κ3) is 24.8. The minimum Gasteiger partial charge on any atom is -0.463 e. The first-order valence-corrected chi connectivity index (χ1v) is 29.1. The molecule has 2 amide bonds. The van der Waals surface area contributed by atoms with E-state index in [0.29, 0.717) is 5.56 Å². The largest absolute Gasteiger partial charge is 0.463 e. The van der Waals surface area contributed by atoms with E-state index < -0.39 is 84.8 Å². The van der Waals surface area contributed by atoms with E-state index >= 15 is 0 Å². The van der Waals surface area contributed by atoms with Crippen molar-refractivity contribution in [2.45, 2.75) is 56.1 Å². The molecule has 4 rings (SSSR count). The van der Waals surface area contributed by atoms with E-state index in [1.165, 1.54) is 61.5 Å². The average molecular weight is 1220 g/mol. The molecule has 0 aromatic heterocycles. The van der Waals surface area contributed by atoms with Gasteiger partial charge in [0.2, 0.25) is 20.0 Å². The van der Waals surface area contributed by atoms with Crippen molar-refractivity contribution in [2.24, 2.45) is 0 Å². The molecule has 22 nitrogen and oxygen atoms in total. The van der Waals surface area contributed by atoms with Crippen LogP contribution in [0.3, 0.4) is 0 Å². The van der Waals surface area contributed by atoms with Crippen LogP contribution in [-0.2, 0) is 67.6 Å². The molecule has 0 saturated carbocycles. The van der Waals surface area contributed by atoms with Gasteiger partial charge in [0.05, 0.1) is 95.7 Å². The summed E-state index contributed by atoms with van der Waals surface area (Å²) in [7, 11) is -7.91. The van der Waals surface area contributed by atoms with Crippen LogP contribution < -0.4 is 29.6 Å². The van der Waals surface area contributed by atoms with Crippen LogP contribution in [0.1, 0.15) is 45.2 Å². The van der Waals surface area contributed by atoms with Crippen molar-refractivity contribution in [3.8, 4) is 23.0 Å². The fourth-order valence-electron chi connectivity index (χ4n) is 6.81. The molecule has 0 aliphatic heterocycles. The van der Waals surface area contributed by atoms with Gasteiger partial charge in [0.15, 0.2) is 47.0 Å². The second-order valence-corrected chi connectivity index (χ2v) is 21.1. The van der Waals surface area contributed by atoms with E-state index in [2.05, 4.69) is 20.1 Å². The number of allylic oxidation sites excluding steroid dienone is 1. The number of carbonyl (C=O) groups excluding carboxylic acids is 3. The molecule has 0 unspecified atom stereocenters. The van der Waals surface area contributed by atoms with E-state index in [1.807, 2.05) is 13.8 Å². The van der Waals surface area contributed by atoms with Crippen LogP contribution in [-0.4, -0.2) is 169 Å². The number of aliphatic hydroxyl groups excluding tert-OH is 2. The Hall–Kier alpha value is -6.41. The Bertz CT molecular complexity index is 2950. The smallest absolute Gasteiger partial charge is 0.333 e. The van der Waals surface area contributed by atoms with Crippen molar-refractivity contribution in [3.63, 3.8) is 0 Å². The summed E-state index contributed by atoms with van der Waals surface area (Å²) in [5.74, 6) is -7.89. The SMILES string of the molecule is CCOC(=O)/C(C)=C/c1cc(F)c(Oc2ccc(S(=O)(=O)NCCOCCOCCOCCNC(=O)[C@H](O)[C@@H](O)C(=O)NCCOCCOCCOCCNS(=O)(=O)c3ccc(Oc4c(F)cc(/C=C(\C)CC)cc4F)cc3)cc2)c(F)c1. The molecule has 0 spiro atoms. The Morgan fingerprint density at radius 2 is 0.831 bits per heavy atom. The van der Waals surface area contributed by atoms with Crippen molar-refractivity contribution in [1.82, 2.24) is 20.1 Å². The van der Waals surface area contributed by atoms with Gasteiger partial charge in [-0.1, -0.05) is 18.6 Å². The first-order chi connectivity index (χ1) is 39.6. The second-order valence-electron chi connectivity index (χ2n) is 17.6. The molecule has 83 heavy (non-hydrogen) atoms. The lowest BCUT2D eigenvalue weighted by Crippen LogP contribution is -2.50. The summed E-state index contributed by atoms with van der Waals surface area (Å²) < 4.78 is 162. The van der Waals surface area contributed by atoms with Gasteiger partial charge < -0.3 is 63.5 Å². The fraction of sp³-hybridized carbons (Fsp3) is 0.436. The molecular weight excluding hydrogens is 1140 g/mol. The van der Waals surface area contributed by atoms with Crippen LogP contribution in [0.15, 0.2) is 93.7 Å². The highest BCUT2D eigenvalue weighted by atomic mass is 32.2. The molecule has 6 N–H and O–H groups in total. The number of ether oxygens (including phenoxy) is 9. The highest BCUT2D eigenvalue weighted by Gasteiger charge is 2.30. The van der Waals surface area contributed by atoms with E-state index in [9.17, 15) is 59.0 Å². The van der Waals surface area contributed by atoms with Gasteiger partial charge in [0.1, 0.15) is 11.5 Å². The number of esters is 1. The average Bonchev–Trinajstić information content (AvgIpc) is 3.52. The highest BCUT2D eigenvalue weighted by Crippen LogP contribution is 2.32. The van der Waals surface area contributed by atoms with Crippen LogP contribution in [0.25, 0.3) is 12.2 Å². The lowest BCUT2D eigenvalue weighted by atomic mass is 10.1. The highest BCUT2D eigenvalue weighted by molar-refractivity contribution is 7.89. The summed E-state index contributed by atoms with van der Waals surface area (Å²) in [6, 6.07) is 14.1. The predicted molar refractivity (Wildman–Crippen MR) is 293 cm³/mol. The quantitative estimate of drug-likeness (QED) is 0.0149. The van der Waals surface area contributed by atoms with Crippen LogP contribution in [0.4, 0.5) is 17.6 Å². The molecule has 0 aliphatic rings. The molecule has 2 atom stereocenters. The summed E-state index contributed by atoms with van der Waals surface area (Å²) >= 11 is 0. The van der Waals surface area contributed by atoms with Gasteiger partial charge in [0, 0.05) is 31.8 Å². The molecule has 0 aliphatic carbocycles. The van der Waals surface area contributed by atoms with E-state index in [0.717, 1.165) is 36.3 Å². The van der Waals surface area contributed by atoms with Crippen LogP contribution in [0.5, 0.6) is 23.0 Å². The first kappa shape index (κ1) is 69.1. The molecular formula is C55H70F4N4O18S2. The first-order valence-electron chi connectivity index (χ1n) is 26.1. The van der Waals surface area contributed by atoms with E-state index in [4.69, 9.17) is 42.6 Å². The second kappa shape index (κ2) is 36.3. The minimum atomic E-state index is -3.98. The Balaban J connectivity index is 0.938. The zero-order chi connectivity index (χ0) is 60.8. The summed E-state index contributed by atoms with van der Waals surface area (Å²) in [5, 5.41) is 24.9. The molecule has 458 valence electrons. The zero-order valence-electron chi connectivity index (χ0n) is 46.2. The topological polar surface area (TPSA) is 291 Å². The molecule has 0 bridgehead atoms. The zero-order valence-corrected chi connectivity index (χ0v) is 47.9. The number of halogens is 4. The van der Waals surface area contributed by atoms with Gasteiger partial charge >= 0.3 is 5.97 Å². The molecule has 0 heterocycles. The maximum Gasteiger partial charge on any atom is 0.333 e. The van der Waals surface area contributed by atoms with Crippen LogP contribution in [0, 0.1) is 23.3 Å². The lowest BCUT2D eigenvalue weighted by molar-refractivity contribution is -0.146. The number of aliphatic hydroxyl groups is 2. The minimum absolute atomic E-state index is 0.00536. The van der Waals surface area contributed by atoms with Crippen LogP contribution in [0.2, 0.25) is 0 Å². The normalized spacial score (nSPS) is 12.9. The summed E-state index contributed by atoms with van der Waals surface area (Å²) in [6.45, 7) is 7.94.